The number of nitrogens with zero attached hydrogens (tertiary/aromatic N) is 1. The minimum absolute atomic E-state index is 0.000823. The number of aromatic hydroxyl groups is 1. The molecule has 1 heterocycles. The van der Waals surface area contributed by atoms with Crippen LogP contribution >= 0.6 is 23.5 Å². The molecule has 0 bridgehead atoms. The molecule has 1 unspecified atom stereocenters. The van der Waals surface area contributed by atoms with E-state index in [0.717, 1.165) is 44.2 Å². The third kappa shape index (κ3) is 10.5. The highest BCUT2D eigenvalue weighted by atomic mass is 32.2. The van der Waals surface area contributed by atoms with E-state index in [9.17, 15) is 33.0 Å². The highest BCUT2D eigenvalue weighted by Crippen LogP contribution is 2.47. The number of benzene rings is 3. The number of amides is 1. The van der Waals surface area contributed by atoms with Crippen LogP contribution in [0.1, 0.15) is 70.4 Å². The molecule has 282 valence electrons. The lowest BCUT2D eigenvalue weighted by molar-refractivity contribution is -0.143. The van der Waals surface area contributed by atoms with E-state index in [-0.39, 0.29) is 34.3 Å². The van der Waals surface area contributed by atoms with Crippen molar-refractivity contribution in [1.82, 2.24) is 5.32 Å². The number of para-hydroxylation sites is 1. The van der Waals surface area contributed by atoms with Crippen molar-refractivity contribution in [3.8, 4) is 11.5 Å². The molecule has 52 heavy (non-hydrogen) atoms. The number of ketones is 1. The third-order valence-corrected chi connectivity index (χ3v) is 12.9. The Balaban J connectivity index is 1.68. The normalized spacial score (nSPS) is 15.9. The molecule has 13 heteroatoms. The first-order valence-corrected chi connectivity index (χ1v) is 21.9. The molecule has 0 spiro atoms. The number of thioether (sulfide) groups is 2. The Labute approximate surface area is 316 Å². The van der Waals surface area contributed by atoms with Gasteiger partial charge in [0.05, 0.1) is 27.1 Å². The molecule has 3 N–H and O–H groups in total. The van der Waals surface area contributed by atoms with Gasteiger partial charge in [-0.25, -0.2) is 8.42 Å². The highest BCUT2D eigenvalue weighted by Gasteiger charge is 2.42. The van der Waals surface area contributed by atoms with Crippen LogP contribution in [0.3, 0.4) is 0 Å². The van der Waals surface area contributed by atoms with Crippen molar-refractivity contribution in [2.75, 3.05) is 42.1 Å². The number of sulfone groups is 1. The average Bonchev–Trinajstić information content (AvgIpc) is 3.22. The quantitative estimate of drug-likeness (QED) is 0.103. The van der Waals surface area contributed by atoms with Gasteiger partial charge in [0, 0.05) is 35.9 Å². The molecule has 0 aliphatic carbocycles. The first-order chi connectivity index (χ1) is 24.9. The van der Waals surface area contributed by atoms with Gasteiger partial charge in [0.1, 0.15) is 17.5 Å². The van der Waals surface area contributed by atoms with Gasteiger partial charge in [-0.3, -0.25) is 14.4 Å². The van der Waals surface area contributed by atoms with Crippen molar-refractivity contribution in [1.29, 1.82) is 0 Å². The summed E-state index contributed by atoms with van der Waals surface area (Å²) >= 11 is 2.68. The number of hydrogen-bond acceptors (Lipinski definition) is 10. The maximum absolute atomic E-state index is 14.4. The van der Waals surface area contributed by atoms with E-state index in [1.54, 1.807) is 6.26 Å². The Kier molecular flexibility index (Phi) is 14.9. The van der Waals surface area contributed by atoms with Crippen molar-refractivity contribution in [3.05, 3.63) is 72.3 Å². The highest BCUT2D eigenvalue weighted by molar-refractivity contribution is 7.98. The van der Waals surface area contributed by atoms with Crippen molar-refractivity contribution >= 4 is 62.4 Å². The number of carbonyl (C=O) groups is 3. The second kappa shape index (κ2) is 18.9. The summed E-state index contributed by atoms with van der Waals surface area (Å²) in [5, 5.41) is 22.2. The molecule has 0 saturated heterocycles. The summed E-state index contributed by atoms with van der Waals surface area (Å²) in [5.41, 5.74) is 1.37. The molecule has 3 aromatic carbocycles. The fourth-order valence-corrected chi connectivity index (χ4v) is 10.0. The number of carbonyl (C=O) groups excluding carboxylic acids is 2. The number of phenols is 1. The lowest BCUT2D eigenvalue weighted by atomic mass is 9.79. The van der Waals surface area contributed by atoms with Crippen molar-refractivity contribution < 1.29 is 37.8 Å². The number of carboxylic acids is 1. The Hall–Kier alpha value is -3.68. The molecular weight excluding hydrogens is 721 g/mol. The van der Waals surface area contributed by atoms with Crippen molar-refractivity contribution in [2.24, 2.45) is 11.3 Å². The summed E-state index contributed by atoms with van der Waals surface area (Å²) in [4.78, 5) is 41.6. The number of anilines is 2. The van der Waals surface area contributed by atoms with E-state index in [1.807, 2.05) is 42.7 Å². The number of phenolic OH excluding ortho intramolecular Hbond substituents is 1. The second-order valence-corrected chi connectivity index (χ2v) is 17.1. The number of fused-ring (bicyclic) bond motifs is 1. The number of hydrogen-bond donors (Lipinski definition) is 3. The SMILES string of the molecule is CCCCC1(CCCC)CN(c2ccccc2)c2cc(SC)c(OCC(=O)NC(C(=O)C[C@@H](CSC)C(=O)O)c3ccc(O)cc3)cc2S(=O)(=O)C1. The molecule has 0 aromatic heterocycles. The fourth-order valence-electron chi connectivity index (χ4n) is 6.72. The van der Waals surface area contributed by atoms with Gasteiger partial charge in [-0.05, 0) is 61.2 Å². The van der Waals surface area contributed by atoms with Gasteiger partial charge in [0.25, 0.3) is 5.91 Å². The van der Waals surface area contributed by atoms with Gasteiger partial charge in [-0.2, -0.15) is 11.8 Å². The molecule has 1 aliphatic heterocycles. The molecule has 10 nitrogen and oxygen atoms in total. The number of Topliss-reactive ketones (excluding diaryl/α,β-unsaturated/α-hetero) is 1. The zero-order valence-electron chi connectivity index (χ0n) is 30.3. The van der Waals surface area contributed by atoms with Crippen LogP contribution in [0, 0.1) is 11.3 Å². The standard InChI is InChI=1S/C39H50N2O8S3/c1-5-7-18-39(19-8-6-2)25-41(29-12-10-9-11-13-29)31-21-34(51-4)33(22-35(31)52(47,48)26-39)49-23-36(44)40-37(27-14-16-30(42)17-15-27)32(43)20-28(24-50-3)38(45)46/h9-17,21-22,28,37,42H,5-8,18-20,23-26H2,1-4H3,(H,40,44)(H,45,46)/t28-,37?/m0/s1. The van der Waals surface area contributed by atoms with Crippen LogP contribution in [-0.4, -0.2) is 73.5 Å². The van der Waals surface area contributed by atoms with Crippen molar-refractivity contribution in [2.45, 2.75) is 74.6 Å². The zero-order chi connectivity index (χ0) is 37.9. The molecule has 4 rings (SSSR count). The number of nitrogens with one attached hydrogen (secondary N) is 1. The van der Waals surface area contributed by atoms with E-state index in [0.29, 0.717) is 22.7 Å². The first-order valence-electron chi connectivity index (χ1n) is 17.6. The fraction of sp³-hybridized carbons (Fsp3) is 0.462. The van der Waals surface area contributed by atoms with Crippen molar-refractivity contribution in [3.63, 3.8) is 0 Å². The Morgan fingerprint density at radius 3 is 2.21 bits per heavy atom. The Morgan fingerprint density at radius 1 is 0.981 bits per heavy atom. The molecule has 1 amide bonds. The Morgan fingerprint density at radius 2 is 1.63 bits per heavy atom. The average molecular weight is 771 g/mol. The van der Waals surface area contributed by atoms with Crippen LogP contribution in [0.2, 0.25) is 0 Å². The summed E-state index contributed by atoms with van der Waals surface area (Å²) in [5.74, 6) is -2.79. The smallest absolute Gasteiger partial charge is 0.307 e. The number of rotatable bonds is 19. The summed E-state index contributed by atoms with van der Waals surface area (Å²) in [6, 6.07) is 17.7. The van der Waals surface area contributed by atoms with Crippen LogP contribution in [0.15, 0.2) is 76.5 Å². The number of ether oxygens (including phenoxy) is 1. The molecule has 2 atom stereocenters. The first kappa shape index (κ1) is 41.1. The topological polar surface area (TPSA) is 150 Å². The van der Waals surface area contributed by atoms with Crippen LogP contribution in [0.4, 0.5) is 11.4 Å². The molecule has 0 saturated carbocycles. The van der Waals surface area contributed by atoms with Gasteiger partial charge in [-0.1, -0.05) is 69.9 Å². The van der Waals surface area contributed by atoms with Gasteiger partial charge >= 0.3 is 5.97 Å². The van der Waals surface area contributed by atoms with E-state index in [2.05, 4.69) is 24.1 Å². The molecule has 0 fully saturated rings. The largest absolute Gasteiger partial charge is 0.508 e. The number of unbranched alkanes of at least 4 members (excludes halogenated alkanes) is 2. The summed E-state index contributed by atoms with van der Waals surface area (Å²) in [7, 11) is -3.81. The second-order valence-electron chi connectivity index (χ2n) is 13.4. The van der Waals surface area contributed by atoms with Gasteiger partial charge < -0.3 is 25.2 Å². The minimum Gasteiger partial charge on any atom is -0.508 e. The molecule has 3 aromatic rings. The number of carboxylic acid groups (broad SMARTS) is 1. The molecular formula is C39H50N2O8S3. The van der Waals surface area contributed by atoms with Crippen LogP contribution in [0.5, 0.6) is 11.5 Å². The monoisotopic (exact) mass is 770 g/mol. The summed E-state index contributed by atoms with van der Waals surface area (Å²) in [6.07, 6.45) is 8.61. The van der Waals surface area contributed by atoms with E-state index in [1.165, 1.54) is 53.9 Å². The van der Waals surface area contributed by atoms with Gasteiger partial charge in [0.2, 0.25) is 0 Å². The maximum Gasteiger partial charge on any atom is 0.307 e. The summed E-state index contributed by atoms with van der Waals surface area (Å²) in [6.45, 7) is 4.26. The lowest BCUT2D eigenvalue weighted by Gasteiger charge is -2.37. The maximum atomic E-state index is 14.4. The predicted octanol–water partition coefficient (Wildman–Crippen LogP) is 7.67. The van der Waals surface area contributed by atoms with E-state index in [4.69, 9.17) is 4.74 Å². The molecule has 0 radical (unpaired) electrons. The Bertz CT molecular complexity index is 1780. The minimum atomic E-state index is -3.81. The predicted molar refractivity (Wildman–Crippen MR) is 209 cm³/mol. The zero-order valence-corrected chi connectivity index (χ0v) is 32.7. The van der Waals surface area contributed by atoms with Gasteiger partial charge in [0.15, 0.2) is 22.2 Å². The van der Waals surface area contributed by atoms with Gasteiger partial charge in [-0.15, -0.1) is 11.8 Å². The van der Waals surface area contributed by atoms with E-state index >= 15 is 0 Å². The van der Waals surface area contributed by atoms with Crippen LogP contribution in [-0.2, 0) is 24.2 Å². The van der Waals surface area contributed by atoms with Crippen LogP contribution < -0.4 is 15.0 Å². The lowest BCUT2D eigenvalue weighted by Crippen LogP contribution is -2.38. The third-order valence-electron chi connectivity index (χ3n) is 9.43. The molecule has 1 aliphatic rings. The summed E-state index contributed by atoms with van der Waals surface area (Å²) < 4.78 is 34.9. The van der Waals surface area contributed by atoms with Crippen LogP contribution in [0.25, 0.3) is 0 Å². The number of aliphatic carboxylic acids is 1. The van der Waals surface area contributed by atoms with E-state index < -0.39 is 51.5 Å².